The molecule has 0 aromatic carbocycles. The van der Waals surface area contributed by atoms with Crippen LogP contribution in [-0.4, -0.2) is 31.8 Å². The van der Waals surface area contributed by atoms with Crippen molar-refractivity contribution in [1.29, 1.82) is 0 Å². The maximum atomic E-state index is 12.3. The molecule has 0 radical (unpaired) electrons. The second kappa shape index (κ2) is 6.14. The van der Waals surface area contributed by atoms with Gasteiger partial charge in [-0.05, 0) is 6.42 Å². The molecule has 92 valence electrons. The van der Waals surface area contributed by atoms with Gasteiger partial charge in [0.2, 0.25) is 0 Å². The van der Waals surface area contributed by atoms with Gasteiger partial charge in [0.15, 0.2) is 0 Å². The first kappa shape index (κ1) is 14.5. The Hall–Kier alpha value is -1.53. The lowest BCUT2D eigenvalue weighted by molar-refractivity contribution is -0.166. The molecule has 0 aliphatic carbocycles. The number of rotatable bonds is 3. The van der Waals surface area contributed by atoms with Gasteiger partial charge in [-0.25, -0.2) is 9.59 Å². The van der Waals surface area contributed by atoms with Crippen molar-refractivity contribution in [3.63, 3.8) is 0 Å². The number of carbonyl (C=O) groups excluding carboxylic acids is 2. The van der Waals surface area contributed by atoms with Crippen molar-refractivity contribution in [2.45, 2.75) is 19.5 Å². The molecule has 0 fully saturated rings. The fraction of sp³-hybridized carbons (Fsp3) is 0.556. The highest BCUT2D eigenvalue weighted by atomic mass is 19.4. The highest BCUT2D eigenvalue weighted by Gasteiger charge is 2.34. The Morgan fingerprint density at radius 3 is 2.19 bits per heavy atom. The van der Waals surface area contributed by atoms with Crippen LogP contribution in [0.3, 0.4) is 0 Å². The average molecular weight is 240 g/mol. The van der Waals surface area contributed by atoms with E-state index in [1.165, 1.54) is 6.92 Å². The van der Waals surface area contributed by atoms with Gasteiger partial charge in [-0.1, -0.05) is 13.0 Å². The van der Waals surface area contributed by atoms with Gasteiger partial charge in [-0.15, -0.1) is 0 Å². The summed E-state index contributed by atoms with van der Waals surface area (Å²) in [5.41, 5.74) is -1.01. The van der Waals surface area contributed by atoms with Gasteiger partial charge < -0.3 is 9.47 Å². The first-order valence-electron chi connectivity index (χ1n) is 4.34. The number of hydrogen-bond acceptors (Lipinski definition) is 4. The van der Waals surface area contributed by atoms with Crippen LogP contribution >= 0.6 is 0 Å². The van der Waals surface area contributed by atoms with Crippen LogP contribution in [-0.2, 0) is 19.1 Å². The van der Waals surface area contributed by atoms with Gasteiger partial charge in [0.1, 0.15) is 6.61 Å². The van der Waals surface area contributed by atoms with Crippen LogP contribution in [0, 0.1) is 0 Å². The average Bonchev–Trinajstić information content (AvgIpc) is 2.20. The van der Waals surface area contributed by atoms with Crippen LogP contribution in [0.15, 0.2) is 11.6 Å². The molecule has 0 aromatic heterocycles. The second-order valence-electron chi connectivity index (χ2n) is 2.70. The number of methoxy groups -OCH3 is 1. The van der Waals surface area contributed by atoms with Crippen molar-refractivity contribution in [2.24, 2.45) is 0 Å². The van der Waals surface area contributed by atoms with Crippen molar-refractivity contribution in [3.05, 3.63) is 11.6 Å². The molecule has 0 bridgehead atoms. The molecular weight excluding hydrogens is 229 g/mol. The fourth-order valence-electron chi connectivity index (χ4n) is 0.788. The summed E-state index contributed by atoms with van der Waals surface area (Å²) in [5.74, 6) is -2.79. The summed E-state index contributed by atoms with van der Waals surface area (Å²) in [6.07, 6.45) is -3.55. The predicted molar refractivity (Wildman–Crippen MR) is 47.4 cm³/mol. The summed E-state index contributed by atoms with van der Waals surface area (Å²) in [6.45, 7) is 0.513. The number of hydrogen-bond donors (Lipinski definition) is 0. The molecule has 0 saturated heterocycles. The molecule has 16 heavy (non-hydrogen) atoms. The molecule has 0 spiro atoms. The van der Waals surface area contributed by atoms with Crippen molar-refractivity contribution in [2.75, 3.05) is 13.7 Å². The highest BCUT2D eigenvalue weighted by molar-refractivity contribution is 6.29. The van der Waals surface area contributed by atoms with Crippen LogP contribution in [0.5, 0.6) is 0 Å². The third kappa shape index (κ3) is 4.81. The minimum Gasteiger partial charge on any atom is -0.461 e. The van der Waals surface area contributed by atoms with E-state index in [0.717, 1.165) is 13.2 Å². The van der Waals surface area contributed by atoms with Gasteiger partial charge in [-0.3, -0.25) is 0 Å². The summed E-state index contributed by atoms with van der Waals surface area (Å²) in [5, 5.41) is 0. The largest absolute Gasteiger partial charge is 0.461 e. The maximum Gasteiger partial charge on any atom is 0.417 e. The van der Waals surface area contributed by atoms with Crippen LogP contribution in [0.25, 0.3) is 0 Å². The quantitative estimate of drug-likeness (QED) is 0.427. The molecule has 4 nitrogen and oxygen atoms in total. The van der Waals surface area contributed by atoms with E-state index < -0.39 is 30.3 Å². The summed E-state index contributed by atoms with van der Waals surface area (Å²) >= 11 is 0. The van der Waals surface area contributed by atoms with Crippen molar-refractivity contribution >= 4 is 11.9 Å². The van der Waals surface area contributed by atoms with Gasteiger partial charge in [0.25, 0.3) is 0 Å². The van der Waals surface area contributed by atoms with E-state index in [-0.39, 0.29) is 6.42 Å². The van der Waals surface area contributed by atoms with Crippen LogP contribution in [0.1, 0.15) is 13.3 Å². The van der Waals surface area contributed by atoms with Crippen LogP contribution in [0.2, 0.25) is 0 Å². The van der Waals surface area contributed by atoms with E-state index in [2.05, 4.69) is 9.47 Å². The summed E-state index contributed by atoms with van der Waals surface area (Å²) in [7, 11) is 0.927. The Balaban J connectivity index is 4.41. The fourth-order valence-corrected chi connectivity index (χ4v) is 0.788. The Morgan fingerprint density at radius 2 is 1.81 bits per heavy atom. The van der Waals surface area contributed by atoms with Gasteiger partial charge in [-0.2, -0.15) is 13.2 Å². The van der Waals surface area contributed by atoms with E-state index in [0.29, 0.717) is 0 Å². The number of halogens is 3. The molecule has 0 aromatic rings. The van der Waals surface area contributed by atoms with Gasteiger partial charge >= 0.3 is 18.1 Å². The van der Waals surface area contributed by atoms with E-state index in [1.807, 2.05) is 0 Å². The lowest BCUT2D eigenvalue weighted by Crippen LogP contribution is -2.23. The first-order chi connectivity index (χ1) is 7.32. The summed E-state index contributed by atoms with van der Waals surface area (Å²) in [4.78, 5) is 21.3. The normalized spacial score (nSPS) is 12.2. The molecule has 0 aliphatic heterocycles. The SMILES string of the molecule is CCC=C(COC(=O)C(=O)OC)C(F)(F)F. The molecule has 0 N–H and O–H groups in total. The summed E-state index contributed by atoms with van der Waals surface area (Å²) < 4.78 is 44.9. The van der Waals surface area contributed by atoms with E-state index in [1.54, 1.807) is 0 Å². The topological polar surface area (TPSA) is 52.6 Å². The van der Waals surface area contributed by atoms with Gasteiger partial charge in [0.05, 0.1) is 12.7 Å². The first-order valence-corrected chi connectivity index (χ1v) is 4.34. The zero-order valence-electron chi connectivity index (χ0n) is 8.76. The van der Waals surface area contributed by atoms with Crippen LogP contribution in [0.4, 0.5) is 13.2 Å². The predicted octanol–water partition coefficient (Wildman–Crippen LogP) is 1.60. The molecular formula is C9H11F3O4. The number of allylic oxidation sites excluding steroid dienone is 1. The van der Waals surface area contributed by atoms with E-state index >= 15 is 0 Å². The minimum atomic E-state index is -4.58. The van der Waals surface area contributed by atoms with E-state index in [4.69, 9.17) is 0 Å². The molecule has 0 heterocycles. The second-order valence-corrected chi connectivity index (χ2v) is 2.70. The molecule has 0 rings (SSSR count). The molecule has 0 atom stereocenters. The number of ether oxygens (including phenoxy) is 2. The maximum absolute atomic E-state index is 12.3. The Kier molecular flexibility index (Phi) is 5.55. The molecule has 0 aliphatic rings. The Bertz CT molecular complexity index is 294. The third-order valence-corrected chi connectivity index (χ3v) is 1.53. The molecule has 0 saturated carbocycles. The summed E-state index contributed by atoms with van der Waals surface area (Å²) in [6, 6.07) is 0. The number of carbonyl (C=O) groups is 2. The standard InChI is InChI=1S/C9H11F3O4/c1-3-4-6(9(10,11)12)5-16-8(14)7(13)15-2/h4H,3,5H2,1-2H3. The van der Waals surface area contributed by atoms with Crippen LogP contribution < -0.4 is 0 Å². The minimum absolute atomic E-state index is 0.143. The third-order valence-electron chi connectivity index (χ3n) is 1.53. The van der Waals surface area contributed by atoms with Crippen molar-refractivity contribution in [1.82, 2.24) is 0 Å². The monoisotopic (exact) mass is 240 g/mol. The Morgan fingerprint density at radius 1 is 1.25 bits per heavy atom. The van der Waals surface area contributed by atoms with Crippen molar-refractivity contribution in [3.8, 4) is 0 Å². The lowest BCUT2D eigenvalue weighted by atomic mass is 10.2. The number of esters is 2. The number of alkyl halides is 3. The molecule has 0 unspecified atom stereocenters. The lowest BCUT2D eigenvalue weighted by Gasteiger charge is -2.11. The smallest absolute Gasteiger partial charge is 0.417 e. The highest BCUT2D eigenvalue weighted by Crippen LogP contribution is 2.26. The van der Waals surface area contributed by atoms with Crippen molar-refractivity contribution < 1.29 is 32.2 Å². The zero-order valence-corrected chi connectivity index (χ0v) is 8.76. The molecule has 7 heteroatoms. The Labute approximate surface area is 90.0 Å². The van der Waals surface area contributed by atoms with Gasteiger partial charge in [0, 0.05) is 0 Å². The zero-order chi connectivity index (χ0) is 12.8. The molecule has 0 amide bonds. The van der Waals surface area contributed by atoms with E-state index in [9.17, 15) is 22.8 Å².